The molecule has 0 saturated heterocycles. The predicted octanol–water partition coefficient (Wildman–Crippen LogP) is 5.24. The minimum absolute atomic E-state index is 0.230. The molecule has 1 aliphatic rings. The largest absolute Gasteiger partial charge is 0.475 e. The smallest absolute Gasteiger partial charge is 0.364 e. The van der Waals surface area contributed by atoms with Gasteiger partial charge in [-0.05, 0) is 51.8 Å². The van der Waals surface area contributed by atoms with E-state index in [2.05, 4.69) is 31.9 Å². The van der Waals surface area contributed by atoms with Crippen molar-refractivity contribution < 1.29 is 14.8 Å². The second kappa shape index (κ2) is 6.46. The lowest BCUT2D eigenvalue weighted by Gasteiger charge is -2.37. The van der Waals surface area contributed by atoms with Gasteiger partial charge in [0.25, 0.3) is 0 Å². The highest BCUT2D eigenvalue weighted by Gasteiger charge is 2.62. The molecule has 0 saturated carbocycles. The number of halogens is 4. The van der Waals surface area contributed by atoms with Crippen LogP contribution in [0.4, 0.5) is 0 Å². The van der Waals surface area contributed by atoms with Crippen molar-refractivity contribution in [3.8, 4) is 5.75 Å². The van der Waals surface area contributed by atoms with Gasteiger partial charge < -0.3 is 9.84 Å². The Bertz CT molecular complexity index is 818. The molecule has 0 radical (unpaired) electrons. The number of rotatable bonds is 2. The fourth-order valence-corrected chi connectivity index (χ4v) is 4.37. The van der Waals surface area contributed by atoms with Crippen molar-refractivity contribution in [1.82, 2.24) is 0 Å². The second-order valence-electron chi connectivity index (χ2n) is 5.24. The lowest BCUT2D eigenvalue weighted by atomic mass is 9.90. The van der Waals surface area contributed by atoms with Crippen molar-refractivity contribution in [2.75, 3.05) is 0 Å². The summed E-state index contributed by atoms with van der Waals surface area (Å²) in [7, 11) is 0. The van der Waals surface area contributed by atoms with Crippen LogP contribution in [0, 0.1) is 10.1 Å². The number of nitrogens with zero attached hydrogens (tertiary/aromatic N) is 1. The fraction of sp³-hybridized carbons (Fsp3) is 0.200. The molecule has 0 amide bonds. The fourth-order valence-electron chi connectivity index (χ4n) is 2.60. The maximum atomic E-state index is 11.7. The average Bonchev–Trinajstić information content (AvgIpc) is 2.52. The number of aliphatic hydroxyl groups is 1. The van der Waals surface area contributed by atoms with E-state index in [-0.39, 0.29) is 5.56 Å². The average molecular weight is 498 g/mol. The van der Waals surface area contributed by atoms with Crippen LogP contribution in [0.2, 0.25) is 5.02 Å². The summed E-state index contributed by atoms with van der Waals surface area (Å²) in [6.45, 7) is 0. The lowest BCUT2D eigenvalue weighted by molar-refractivity contribution is -0.570. The zero-order valence-corrected chi connectivity index (χ0v) is 16.4. The molecule has 9 heteroatoms. The van der Waals surface area contributed by atoms with Crippen LogP contribution in [-0.4, -0.2) is 15.0 Å². The Balaban J connectivity index is 2.21. The highest BCUT2D eigenvalue weighted by molar-refractivity contribution is 9.11. The van der Waals surface area contributed by atoms with Crippen LogP contribution in [-0.2, 0) is 0 Å². The van der Waals surface area contributed by atoms with E-state index in [4.69, 9.17) is 27.9 Å². The maximum absolute atomic E-state index is 11.7. The van der Waals surface area contributed by atoms with Gasteiger partial charge in [0.1, 0.15) is 5.75 Å². The summed E-state index contributed by atoms with van der Waals surface area (Å²) in [5.41, 5.74) is 0.666. The number of benzene rings is 2. The van der Waals surface area contributed by atoms with E-state index in [1.165, 1.54) is 0 Å². The molecule has 1 aliphatic heterocycles. The molecule has 0 aliphatic carbocycles. The molecule has 126 valence electrons. The van der Waals surface area contributed by atoms with Crippen molar-refractivity contribution in [2.45, 2.75) is 17.2 Å². The first-order valence-electron chi connectivity index (χ1n) is 6.67. The van der Waals surface area contributed by atoms with Gasteiger partial charge in [-0.2, -0.15) is 0 Å². The quantitative estimate of drug-likeness (QED) is 0.266. The first kappa shape index (κ1) is 17.9. The van der Waals surface area contributed by atoms with Crippen molar-refractivity contribution in [3.63, 3.8) is 0 Å². The van der Waals surface area contributed by atoms with E-state index in [0.29, 0.717) is 25.3 Å². The third kappa shape index (κ3) is 2.82. The Hall–Kier alpha value is -0.860. The van der Waals surface area contributed by atoms with E-state index in [1.807, 2.05) is 0 Å². The Morgan fingerprint density at radius 1 is 1.25 bits per heavy atom. The topological polar surface area (TPSA) is 72.6 Å². The summed E-state index contributed by atoms with van der Waals surface area (Å²) in [5, 5.41) is 22.8. The number of aliphatic hydroxyl groups excluding tert-OH is 1. The summed E-state index contributed by atoms with van der Waals surface area (Å²) in [5.74, 6) is 0.309. The third-order valence-electron chi connectivity index (χ3n) is 3.77. The molecule has 1 N–H and O–H groups in total. The summed E-state index contributed by atoms with van der Waals surface area (Å²) in [6, 6.07) is 9.59. The van der Waals surface area contributed by atoms with Gasteiger partial charge in [0.2, 0.25) is 6.10 Å². The van der Waals surface area contributed by atoms with Gasteiger partial charge in [-0.1, -0.05) is 39.7 Å². The Morgan fingerprint density at radius 2 is 1.88 bits per heavy atom. The molecule has 0 fully saturated rings. The molecule has 2 aromatic carbocycles. The van der Waals surface area contributed by atoms with Crippen LogP contribution < -0.4 is 4.74 Å². The minimum Gasteiger partial charge on any atom is -0.475 e. The molecule has 0 spiro atoms. The number of alkyl halides is 1. The number of ether oxygens (including phenoxy) is 1. The molecular weight excluding hydrogens is 489 g/mol. The number of hydrogen-bond acceptors (Lipinski definition) is 4. The Morgan fingerprint density at radius 3 is 2.46 bits per heavy atom. The zero-order valence-electron chi connectivity index (χ0n) is 11.7. The van der Waals surface area contributed by atoms with Crippen LogP contribution in [0.15, 0.2) is 45.3 Å². The number of fused-ring (bicyclic) bond motifs is 1. The van der Waals surface area contributed by atoms with E-state index < -0.39 is 22.1 Å². The van der Waals surface area contributed by atoms with E-state index in [9.17, 15) is 15.2 Å². The van der Waals surface area contributed by atoms with Crippen molar-refractivity contribution in [3.05, 3.63) is 71.6 Å². The standard InChI is InChI=1S/C15H9Br2Cl2NO4/c16-8-5-10-12(11(17)6-8)24-14(7-1-3-9(18)4-2-7)15(19,13(10)21)20(22)23/h1-6,13-14,21H. The molecule has 24 heavy (non-hydrogen) atoms. The minimum atomic E-state index is -2.28. The highest BCUT2D eigenvalue weighted by atomic mass is 79.9. The SMILES string of the molecule is O=[N+]([O-])C1(Cl)C(O)c2cc(Br)cc(Br)c2OC1c1ccc(Cl)cc1. The maximum Gasteiger partial charge on any atom is 0.364 e. The molecule has 1 heterocycles. The van der Waals surface area contributed by atoms with Crippen molar-refractivity contribution in [2.24, 2.45) is 0 Å². The first-order valence-corrected chi connectivity index (χ1v) is 9.02. The molecule has 3 atom stereocenters. The van der Waals surface area contributed by atoms with Crippen LogP contribution in [0.25, 0.3) is 0 Å². The molecule has 3 unspecified atom stereocenters. The molecule has 0 aromatic heterocycles. The third-order valence-corrected chi connectivity index (χ3v) is 5.61. The van der Waals surface area contributed by atoms with Gasteiger partial charge in [-0.25, -0.2) is 0 Å². The van der Waals surface area contributed by atoms with Crippen LogP contribution in [0.5, 0.6) is 5.75 Å². The number of nitro groups is 1. The van der Waals surface area contributed by atoms with Gasteiger partial charge in [0.15, 0.2) is 6.10 Å². The summed E-state index contributed by atoms with van der Waals surface area (Å²) < 4.78 is 7.02. The van der Waals surface area contributed by atoms with Crippen LogP contribution in [0.3, 0.4) is 0 Å². The van der Waals surface area contributed by atoms with Crippen LogP contribution >= 0.6 is 55.1 Å². The second-order valence-corrected chi connectivity index (χ2v) is 8.05. The van der Waals surface area contributed by atoms with Crippen molar-refractivity contribution >= 4 is 55.1 Å². The summed E-state index contributed by atoms with van der Waals surface area (Å²) in [4.78, 5) is 8.70. The van der Waals surface area contributed by atoms with Gasteiger partial charge >= 0.3 is 5.00 Å². The monoisotopic (exact) mass is 495 g/mol. The Kier molecular flexibility index (Phi) is 4.83. The van der Waals surface area contributed by atoms with Gasteiger partial charge in [-0.15, -0.1) is 0 Å². The molecular formula is C15H9Br2Cl2NO4. The molecule has 0 bridgehead atoms. The van der Waals surface area contributed by atoms with Crippen LogP contribution in [0.1, 0.15) is 23.3 Å². The predicted molar refractivity (Wildman–Crippen MR) is 97.2 cm³/mol. The normalized spacial score (nSPS) is 25.7. The molecule has 2 aromatic rings. The highest BCUT2D eigenvalue weighted by Crippen LogP contribution is 2.54. The van der Waals surface area contributed by atoms with E-state index in [1.54, 1.807) is 36.4 Å². The van der Waals surface area contributed by atoms with Gasteiger partial charge in [0.05, 0.1) is 9.40 Å². The first-order chi connectivity index (χ1) is 11.2. The van der Waals surface area contributed by atoms with Gasteiger partial charge in [-0.3, -0.25) is 10.1 Å². The Labute approximate surface area is 163 Å². The summed E-state index contributed by atoms with van der Waals surface area (Å²) >= 11 is 18.8. The van der Waals surface area contributed by atoms with E-state index >= 15 is 0 Å². The van der Waals surface area contributed by atoms with Gasteiger partial charge in [0, 0.05) is 20.6 Å². The molecule has 3 rings (SSSR count). The summed E-state index contributed by atoms with van der Waals surface area (Å²) in [6.07, 6.45) is -2.78. The number of hydrogen-bond donors (Lipinski definition) is 1. The van der Waals surface area contributed by atoms with Crippen molar-refractivity contribution in [1.29, 1.82) is 0 Å². The van der Waals surface area contributed by atoms with E-state index in [0.717, 1.165) is 0 Å². The molecule has 5 nitrogen and oxygen atoms in total. The zero-order chi connectivity index (χ0) is 17.6. The lowest BCUT2D eigenvalue weighted by Crippen LogP contribution is -2.49.